The van der Waals surface area contributed by atoms with Crippen molar-refractivity contribution in [2.45, 2.75) is 19.8 Å². The SMILES string of the molecule is C=CC(=O)Nc1cc(Nc2ncc3cc(Oc4cc(F)c(F)cc4F)c(=O)n(C)c3n2)c(OC)cc1N(C)CCN(C)C.C=CC(=O)Nc1cc(Nc2ncc3cc(Oc4ccc(F)cc4Cl)c(=O)n(C)c3n2)c(OC)cc1N(C)CCN(C)C.C=CC(=O)Nc1cc(Nc2ncc3cc(Oc4ccc(F)cc4F)c(=O)n(C)c3n2)c(C)cc1CCCN(C)C. The number of halogens is 7. The number of carbonyl (C=O) groups is 3. The van der Waals surface area contributed by atoms with Gasteiger partial charge in [0.15, 0.2) is 52.0 Å². The molecule has 0 fully saturated rings. The number of anilines is 11. The maximum Gasteiger partial charge on any atom is 0.294 e. The average Bonchev–Trinajstić information content (AvgIpc) is 0.751. The molecule has 0 aliphatic rings. The number of hydrogen-bond acceptors (Lipinski definition) is 25. The molecule has 0 atom stereocenters. The van der Waals surface area contributed by atoms with Crippen LogP contribution < -0.4 is 82.1 Å². The molecule has 0 spiro atoms. The van der Waals surface area contributed by atoms with E-state index in [0.29, 0.717) is 110 Å². The van der Waals surface area contributed by atoms with E-state index < -0.39 is 63.2 Å². The van der Waals surface area contributed by atoms with Gasteiger partial charge < -0.3 is 80.1 Å². The van der Waals surface area contributed by atoms with Crippen LogP contribution in [0.25, 0.3) is 33.1 Å². The molecular weight excluding hydrogens is 1650 g/mol. The fraction of sp³-hybridized carbons (Fsp3) is 0.241. The van der Waals surface area contributed by atoms with Crippen molar-refractivity contribution in [1.82, 2.24) is 58.3 Å². The van der Waals surface area contributed by atoms with Crippen molar-refractivity contribution in [2.75, 3.05) is 145 Å². The van der Waals surface area contributed by atoms with Crippen LogP contribution >= 0.6 is 11.6 Å². The fourth-order valence-corrected chi connectivity index (χ4v) is 12.5. The molecule has 6 N–H and O–H groups in total. The number of ether oxygens (including phenoxy) is 5. The number of rotatable bonds is 32. The number of methoxy groups -OCH3 is 2. The Hall–Kier alpha value is -14.4. The van der Waals surface area contributed by atoms with E-state index in [-0.39, 0.29) is 69.1 Å². The van der Waals surface area contributed by atoms with Crippen LogP contribution in [0.2, 0.25) is 5.02 Å². The molecule has 0 saturated heterocycles. The summed E-state index contributed by atoms with van der Waals surface area (Å²) in [5, 5.41) is 19.2. The lowest BCUT2D eigenvalue weighted by Gasteiger charge is -2.26. The smallest absolute Gasteiger partial charge is 0.294 e. The van der Waals surface area contributed by atoms with Gasteiger partial charge in [0.05, 0.1) is 53.4 Å². The number of benzene rings is 6. The van der Waals surface area contributed by atoms with Crippen LogP contribution in [-0.4, -0.2) is 179 Å². The van der Waals surface area contributed by atoms with E-state index >= 15 is 0 Å². The number of likely N-dealkylation sites (N-methyl/N-ethyl adjacent to an activating group) is 4. The van der Waals surface area contributed by atoms with Gasteiger partial charge in [0.1, 0.15) is 45.8 Å². The van der Waals surface area contributed by atoms with E-state index in [2.05, 4.69) is 91.3 Å². The molecule has 654 valence electrons. The first kappa shape index (κ1) is 92.8. The molecule has 12 rings (SSSR count). The predicted octanol–water partition coefficient (Wildman–Crippen LogP) is 14.3. The predicted molar refractivity (Wildman–Crippen MR) is 473 cm³/mol. The summed E-state index contributed by atoms with van der Waals surface area (Å²) in [6, 6.07) is 22.2. The van der Waals surface area contributed by atoms with Gasteiger partial charge in [-0.1, -0.05) is 37.4 Å². The van der Waals surface area contributed by atoms with Crippen molar-refractivity contribution in [3.63, 3.8) is 0 Å². The quantitative estimate of drug-likeness (QED) is 0.0130. The lowest BCUT2D eigenvalue weighted by Crippen LogP contribution is -2.29. The summed E-state index contributed by atoms with van der Waals surface area (Å²) in [7, 11) is 23.2. The monoisotopic (exact) mass is 1740 g/mol. The Morgan fingerprint density at radius 1 is 0.424 bits per heavy atom. The maximum absolute atomic E-state index is 14.1. The molecule has 3 amide bonds. The standard InChI is InChI=1S/C29H31ClFN7O4.C29H30F3N7O4.C29H30F2N6O3/c1-7-26(39)33-20-14-21(24(41-6)15-22(20)37(4)11-10-36(2)3)34-29-32-16-17-12-25(28(40)38(5)27(17)35-29)42-23-9-8-18(31)13-19(23)30;1-7-26(40)34-20-13-21(24(42-6)14-22(20)38(4)9-8-37(2)3)35-29-33-15-16-10-25(28(41)39(5)27(16)36-29)43-23-12-18(31)17(30)11-19(23)32;1-6-26(38)33-23-15-22(17(2)12-18(23)8-7-11-36(3)4)34-29-32-16-19-13-25(28(39)37(5)27(19)35-29)40-24-10-9-20(30)14-21(24)31/h7-9,12-16H,1,10-11H2,2-6H3,(H,33,39)(H,32,34,35);7,10-15H,1,8-9H2,2-6H3,(H,34,40)(H,33,35,36);6,9-10,12-16H,1,7-8,11H2,2-5H3,(H,33,38)(H,32,34,35). The van der Waals surface area contributed by atoms with Gasteiger partial charge in [-0.25, -0.2) is 41.3 Å². The van der Waals surface area contributed by atoms with Gasteiger partial charge >= 0.3 is 0 Å². The molecule has 38 heteroatoms. The van der Waals surface area contributed by atoms with E-state index in [1.54, 1.807) is 31.3 Å². The first-order valence-electron chi connectivity index (χ1n) is 38.2. The molecule has 125 heavy (non-hydrogen) atoms. The lowest BCUT2D eigenvalue weighted by molar-refractivity contribution is -0.112. The minimum atomic E-state index is -1.39. The van der Waals surface area contributed by atoms with Crippen molar-refractivity contribution in [3.05, 3.63) is 242 Å². The summed E-state index contributed by atoms with van der Waals surface area (Å²) in [6.45, 7) is 16.4. The van der Waals surface area contributed by atoms with Crippen molar-refractivity contribution in [2.24, 2.45) is 21.1 Å². The van der Waals surface area contributed by atoms with Gasteiger partial charge in [0.2, 0.25) is 35.6 Å². The van der Waals surface area contributed by atoms with Gasteiger partial charge in [0, 0.05) is 138 Å². The molecule has 0 aliphatic heterocycles. The lowest BCUT2D eigenvalue weighted by atomic mass is 10.0. The zero-order valence-electron chi connectivity index (χ0n) is 70.7. The zero-order chi connectivity index (χ0) is 90.9. The van der Waals surface area contributed by atoms with Crippen LogP contribution in [0.4, 0.5) is 89.7 Å². The molecule has 0 radical (unpaired) electrons. The first-order chi connectivity index (χ1) is 59.5. The highest BCUT2D eigenvalue weighted by Crippen LogP contribution is 2.41. The zero-order valence-corrected chi connectivity index (χ0v) is 71.5. The van der Waals surface area contributed by atoms with Gasteiger partial charge in [-0.15, -0.1) is 0 Å². The second kappa shape index (κ2) is 41.4. The summed E-state index contributed by atoms with van der Waals surface area (Å²) in [6.07, 6.45) is 9.68. The fourth-order valence-electron chi connectivity index (χ4n) is 12.3. The number of pyridine rings is 3. The van der Waals surface area contributed by atoms with Crippen LogP contribution in [0.5, 0.6) is 46.0 Å². The minimum Gasteiger partial charge on any atom is -0.494 e. The minimum absolute atomic E-state index is 0.0268. The number of hydrogen-bond donors (Lipinski definition) is 6. The van der Waals surface area contributed by atoms with Crippen LogP contribution in [0.3, 0.4) is 0 Å². The van der Waals surface area contributed by atoms with Crippen molar-refractivity contribution in [3.8, 4) is 46.0 Å². The third-order valence-electron chi connectivity index (χ3n) is 19.0. The summed E-state index contributed by atoms with van der Waals surface area (Å²) in [4.78, 5) is 112. The highest BCUT2D eigenvalue weighted by molar-refractivity contribution is 6.32. The second-order valence-electron chi connectivity index (χ2n) is 29.0. The van der Waals surface area contributed by atoms with Crippen molar-refractivity contribution >= 4 is 126 Å². The molecule has 0 aliphatic carbocycles. The highest BCUT2D eigenvalue weighted by atomic mass is 35.5. The number of carbonyl (C=O) groups excluding carboxylic acids is 3. The van der Waals surface area contributed by atoms with E-state index in [4.69, 9.17) is 35.3 Å². The molecule has 6 heterocycles. The number of amides is 3. The Kier molecular flexibility index (Phi) is 30.8. The molecule has 0 saturated carbocycles. The van der Waals surface area contributed by atoms with Gasteiger partial charge in [-0.05, 0) is 165 Å². The Morgan fingerprint density at radius 2 is 0.800 bits per heavy atom. The van der Waals surface area contributed by atoms with Gasteiger partial charge in [0.25, 0.3) is 16.7 Å². The third-order valence-corrected chi connectivity index (χ3v) is 19.3. The van der Waals surface area contributed by atoms with Crippen LogP contribution in [-0.2, 0) is 41.9 Å². The second-order valence-corrected chi connectivity index (χ2v) is 29.4. The van der Waals surface area contributed by atoms with E-state index in [1.807, 2.05) is 90.1 Å². The maximum atomic E-state index is 14.1. The Labute approximate surface area is 718 Å². The molecular formula is C87H91ClF6N20O11. The number of fused-ring (bicyclic) bond motifs is 3. The van der Waals surface area contributed by atoms with Crippen LogP contribution in [0, 0.1) is 41.8 Å². The molecule has 6 aromatic carbocycles. The summed E-state index contributed by atoms with van der Waals surface area (Å²) >= 11 is 6.06. The normalized spacial score (nSPS) is 11.0. The van der Waals surface area contributed by atoms with Crippen LogP contribution in [0.15, 0.2) is 174 Å². The number of nitrogens with one attached hydrogen (secondary N) is 6. The summed E-state index contributed by atoms with van der Waals surface area (Å²) < 4.78 is 113. The molecule has 0 unspecified atom stereocenters. The largest absolute Gasteiger partial charge is 0.494 e. The molecule has 6 aromatic heterocycles. The number of nitrogens with zero attached hydrogens (tertiary/aromatic N) is 14. The number of aromatic nitrogens is 9. The summed E-state index contributed by atoms with van der Waals surface area (Å²) in [5.74, 6) is -7.12. The van der Waals surface area contributed by atoms with E-state index in [9.17, 15) is 55.1 Å². The van der Waals surface area contributed by atoms with Gasteiger partial charge in [-0.2, -0.15) is 15.0 Å². The molecule has 0 bridgehead atoms. The topological polar surface area (TPSA) is 329 Å². The highest BCUT2D eigenvalue weighted by Gasteiger charge is 2.24. The molecule has 12 aromatic rings. The van der Waals surface area contributed by atoms with E-state index in [0.717, 1.165) is 78.1 Å². The van der Waals surface area contributed by atoms with Crippen LogP contribution in [0.1, 0.15) is 17.5 Å². The Bertz CT molecular complexity index is 6320. The first-order valence-corrected chi connectivity index (χ1v) is 38.6. The van der Waals surface area contributed by atoms with Gasteiger partial charge in [-0.3, -0.25) is 42.5 Å². The average molecular weight is 1740 g/mol. The Morgan fingerprint density at radius 3 is 1.21 bits per heavy atom. The Balaban J connectivity index is 0.000000196. The number of aryl methyl sites for hydroxylation is 5. The van der Waals surface area contributed by atoms with E-state index in [1.165, 1.54) is 98.5 Å². The third kappa shape index (κ3) is 23.4. The van der Waals surface area contributed by atoms with Crippen molar-refractivity contribution < 1.29 is 64.4 Å². The summed E-state index contributed by atoms with van der Waals surface area (Å²) in [5.41, 5.74) is 5.67. The molecule has 31 nitrogen and oxygen atoms in total. The van der Waals surface area contributed by atoms with Crippen molar-refractivity contribution in [1.29, 1.82) is 0 Å².